The largest absolute Gasteiger partial charge is 0.486 e. The monoisotopic (exact) mass is 446 g/mol. The van der Waals surface area contributed by atoms with Crippen molar-refractivity contribution in [1.29, 1.82) is 0 Å². The lowest BCUT2D eigenvalue weighted by atomic mass is 10.1. The number of nitrogens with one attached hydrogen (secondary N) is 1. The molecule has 8 heteroatoms. The van der Waals surface area contributed by atoms with Crippen molar-refractivity contribution in [2.75, 3.05) is 37.0 Å². The SMILES string of the molecule is CC1CN(c2ccc(CNC(=O)CSc3ccc4c(c3)OCCO4)cc2F)CC(C)O1. The third kappa shape index (κ3) is 5.62. The molecule has 0 aliphatic carbocycles. The highest BCUT2D eigenvalue weighted by Crippen LogP contribution is 2.34. The molecular weight excluding hydrogens is 419 g/mol. The molecule has 2 aliphatic rings. The molecule has 2 heterocycles. The molecule has 6 nitrogen and oxygen atoms in total. The summed E-state index contributed by atoms with van der Waals surface area (Å²) >= 11 is 1.42. The fraction of sp³-hybridized carbons (Fsp3) is 0.435. The van der Waals surface area contributed by atoms with E-state index in [1.807, 2.05) is 43.0 Å². The van der Waals surface area contributed by atoms with Crippen LogP contribution in [0, 0.1) is 5.82 Å². The predicted octanol–water partition coefficient (Wildman–Crippen LogP) is 3.62. The normalized spacial score (nSPS) is 20.4. The van der Waals surface area contributed by atoms with Gasteiger partial charge in [0.25, 0.3) is 0 Å². The van der Waals surface area contributed by atoms with Crippen LogP contribution in [0.4, 0.5) is 10.1 Å². The average molecular weight is 447 g/mol. The first-order chi connectivity index (χ1) is 15.0. The highest BCUT2D eigenvalue weighted by atomic mass is 32.2. The summed E-state index contributed by atoms with van der Waals surface area (Å²) in [6, 6.07) is 10.8. The fourth-order valence-electron chi connectivity index (χ4n) is 3.81. The maximum atomic E-state index is 14.7. The second-order valence-electron chi connectivity index (χ2n) is 7.82. The van der Waals surface area contributed by atoms with Gasteiger partial charge in [-0.05, 0) is 49.7 Å². The summed E-state index contributed by atoms with van der Waals surface area (Å²) in [5, 5.41) is 2.86. The number of benzene rings is 2. The van der Waals surface area contributed by atoms with Gasteiger partial charge in [0.15, 0.2) is 11.5 Å². The molecule has 1 fully saturated rings. The number of carbonyl (C=O) groups excluding carboxylic acids is 1. The van der Waals surface area contributed by atoms with Gasteiger partial charge in [0, 0.05) is 24.5 Å². The molecule has 0 bridgehead atoms. The molecule has 1 N–H and O–H groups in total. The summed E-state index contributed by atoms with van der Waals surface area (Å²) in [6.45, 7) is 6.67. The third-order valence-electron chi connectivity index (χ3n) is 5.15. The Balaban J connectivity index is 1.28. The molecule has 0 saturated carbocycles. The summed E-state index contributed by atoms with van der Waals surface area (Å²) in [6.07, 6.45) is 0.127. The zero-order chi connectivity index (χ0) is 21.8. The number of amides is 1. The van der Waals surface area contributed by atoms with Crippen molar-refractivity contribution in [3.05, 3.63) is 47.8 Å². The second kappa shape index (κ2) is 9.78. The Morgan fingerprint density at radius 3 is 2.58 bits per heavy atom. The van der Waals surface area contributed by atoms with Crippen LogP contribution in [0.5, 0.6) is 11.5 Å². The molecule has 2 unspecified atom stereocenters. The van der Waals surface area contributed by atoms with Gasteiger partial charge in [-0.1, -0.05) is 6.07 Å². The molecule has 0 aromatic heterocycles. The molecule has 2 aromatic rings. The summed E-state index contributed by atoms with van der Waals surface area (Å²) < 4.78 is 31.5. The van der Waals surface area contributed by atoms with Crippen molar-refractivity contribution in [3.63, 3.8) is 0 Å². The minimum Gasteiger partial charge on any atom is -0.486 e. The van der Waals surface area contributed by atoms with E-state index >= 15 is 0 Å². The maximum absolute atomic E-state index is 14.7. The second-order valence-corrected chi connectivity index (χ2v) is 8.87. The molecule has 1 saturated heterocycles. The highest BCUT2D eigenvalue weighted by molar-refractivity contribution is 8.00. The quantitative estimate of drug-likeness (QED) is 0.684. The first-order valence-corrected chi connectivity index (χ1v) is 11.4. The zero-order valence-corrected chi connectivity index (χ0v) is 18.5. The van der Waals surface area contributed by atoms with Crippen LogP contribution in [0.1, 0.15) is 19.4 Å². The third-order valence-corrected chi connectivity index (χ3v) is 6.14. The van der Waals surface area contributed by atoms with E-state index < -0.39 is 0 Å². The van der Waals surface area contributed by atoms with E-state index in [2.05, 4.69) is 5.32 Å². The Bertz CT molecular complexity index is 932. The standard InChI is InChI=1S/C23H27FN2O4S/c1-15-12-26(13-16(2)30-15)20-5-3-17(9-19(20)24)11-25-23(27)14-31-18-4-6-21-22(10-18)29-8-7-28-21/h3-6,9-10,15-16H,7-8,11-14H2,1-2H3,(H,25,27). The van der Waals surface area contributed by atoms with Gasteiger partial charge in [0.05, 0.1) is 23.6 Å². The lowest BCUT2D eigenvalue weighted by Gasteiger charge is -2.37. The minimum absolute atomic E-state index is 0.0637. The van der Waals surface area contributed by atoms with Crippen LogP contribution in [0.25, 0.3) is 0 Å². The number of carbonyl (C=O) groups is 1. The fourth-order valence-corrected chi connectivity index (χ4v) is 4.56. The molecule has 2 atom stereocenters. The minimum atomic E-state index is -0.279. The Morgan fingerprint density at radius 1 is 1.10 bits per heavy atom. The van der Waals surface area contributed by atoms with Crippen molar-refractivity contribution in [3.8, 4) is 11.5 Å². The number of halogens is 1. The van der Waals surface area contributed by atoms with Gasteiger partial charge in [0.1, 0.15) is 19.0 Å². The van der Waals surface area contributed by atoms with E-state index in [4.69, 9.17) is 14.2 Å². The molecule has 31 heavy (non-hydrogen) atoms. The maximum Gasteiger partial charge on any atom is 0.230 e. The van der Waals surface area contributed by atoms with Crippen molar-refractivity contribution < 1.29 is 23.4 Å². The Labute approximate surface area is 186 Å². The van der Waals surface area contributed by atoms with Gasteiger partial charge in [0.2, 0.25) is 5.91 Å². The number of ether oxygens (including phenoxy) is 3. The molecule has 0 radical (unpaired) electrons. The van der Waals surface area contributed by atoms with E-state index in [1.54, 1.807) is 6.07 Å². The van der Waals surface area contributed by atoms with E-state index in [0.29, 0.717) is 37.7 Å². The van der Waals surface area contributed by atoms with E-state index in [0.717, 1.165) is 16.2 Å². The molecule has 2 aromatic carbocycles. The summed E-state index contributed by atoms with van der Waals surface area (Å²) in [5.41, 5.74) is 1.31. The molecule has 0 spiro atoms. The first-order valence-electron chi connectivity index (χ1n) is 10.5. The molecule has 1 amide bonds. The van der Waals surface area contributed by atoms with Gasteiger partial charge < -0.3 is 24.4 Å². The number of thioether (sulfide) groups is 1. The van der Waals surface area contributed by atoms with Gasteiger partial charge >= 0.3 is 0 Å². The Hall–Kier alpha value is -2.45. The number of hydrogen-bond acceptors (Lipinski definition) is 6. The Morgan fingerprint density at radius 2 is 1.84 bits per heavy atom. The predicted molar refractivity (Wildman–Crippen MR) is 119 cm³/mol. The van der Waals surface area contributed by atoms with Crippen molar-refractivity contribution in [2.45, 2.75) is 37.5 Å². The molecule has 166 valence electrons. The smallest absolute Gasteiger partial charge is 0.230 e. The number of anilines is 1. The lowest BCUT2D eigenvalue weighted by Crippen LogP contribution is -2.45. The van der Waals surface area contributed by atoms with Crippen LogP contribution < -0.4 is 19.7 Å². The summed E-state index contributed by atoms with van der Waals surface area (Å²) in [7, 11) is 0. The highest BCUT2D eigenvalue weighted by Gasteiger charge is 2.24. The number of morpholine rings is 1. The van der Waals surface area contributed by atoms with Crippen LogP contribution >= 0.6 is 11.8 Å². The van der Waals surface area contributed by atoms with Gasteiger partial charge in [-0.25, -0.2) is 4.39 Å². The zero-order valence-electron chi connectivity index (χ0n) is 17.7. The number of hydrogen-bond donors (Lipinski definition) is 1. The van der Waals surface area contributed by atoms with E-state index in [-0.39, 0.29) is 36.2 Å². The van der Waals surface area contributed by atoms with Crippen LogP contribution in [0.15, 0.2) is 41.3 Å². The molecular formula is C23H27FN2O4S. The van der Waals surface area contributed by atoms with Crippen LogP contribution in [-0.2, 0) is 16.1 Å². The van der Waals surface area contributed by atoms with Crippen LogP contribution in [0.3, 0.4) is 0 Å². The van der Waals surface area contributed by atoms with Gasteiger partial charge in [-0.3, -0.25) is 4.79 Å². The van der Waals surface area contributed by atoms with E-state index in [1.165, 1.54) is 17.8 Å². The lowest BCUT2D eigenvalue weighted by molar-refractivity contribution is -0.118. The van der Waals surface area contributed by atoms with Crippen molar-refractivity contribution >= 4 is 23.4 Å². The van der Waals surface area contributed by atoms with Gasteiger partial charge in [-0.2, -0.15) is 0 Å². The number of nitrogens with zero attached hydrogens (tertiary/aromatic N) is 1. The number of rotatable bonds is 6. The number of fused-ring (bicyclic) bond motifs is 1. The Kier molecular flexibility index (Phi) is 6.87. The average Bonchev–Trinajstić information content (AvgIpc) is 2.75. The summed E-state index contributed by atoms with van der Waals surface area (Å²) in [5.74, 6) is 1.31. The van der Waals surface area contributed by atoms with Crippen LogP contribution in [-0.4, -0.2) is 50.2 Å². The topological polar surface area (TPSA) is 60.0 Å². The van der Waals surface area contributed by atoms with Gasteiger partial charge in [-0.15, -0.1) is 11.8 Å². The summed E-state index contributed by atoms with van der Waals surface area (Å²) in [4.78, 5) is 15.2. The van der Waals surface area contributed by atoms with Crippen molar-refractivity contribution in [1.82, 2.24) is 5.32 Å². The molecule has 4 rings (SSSR count). The molecule has 2 aliphatic heterocycles. The van der Waals surface area contributed by atoms with Crippen LogP contribution in [0.2, 0.25) is 0 Å². The first kappa shape index (κ1) is 21.8. The van der Waals surface area contributed by atoms with Crippen molar-refractivity contribution in [2.24, 2.45) is 0 Å². The van der Waals surface area contributed by atoms with E-state index in [9.17, 15) is 9.18 Å².